The number of aromatic hydroxyl groups is 1. The van der Waals surface area contributed by atoms with E-state index in [9.17, 15) is 29.7 Å². The summed E-state index contributed by atoms with van der Waals surface area (Å²) in [4.78, 5) is 40.2. The van der Waals surface area contributed by atoms with Crippen LogP contribution in [0, 0.1) is 0 Å². The first kappa shape index (κ1) is 25.6. The molecule has 0 aliphatic carbocycles. The highest BCUT2D eigenvalue weighted by Gasteiger charge is 2.23. The molecule has 2 aromatic rings. The van der Waals surface area contributed by atoms with E-state index >= 15 is 0 Å². The van der Waals surface area contributed by atoms with E-state index in [1.54, 1.807) is 11.4 Å². The van der Waals surface area contributed by atoms with E-state index in [4.69, 9.17) is 23.2 Å². The van der Waals surface area contributed by atoms with Gasteiger partial charge in [-0.3, -0.25) is 19.4 Å². The van der Waals surface area contributed by atoms with Gasteiger partial charge in [0.2, 0.25) is 5.91 Å². The third-order valence-corrected chi connectivity index (χ3v) is 5.98. The molecule has 1 aliphatic rings. The number of phenolic OH excluding ortho intramolecular Hbond substituents is 1. The van der Waals surface area contributed by atoms with Crippen molar-refractivity contribution in [1.82, 2.24) is 16.0 Å². The summed E-state index contributed by atoms with van der Waals surface area (Å²) >= 11 is 13.1. The maximum Gasteiger partial charge on any atom is 0.305 e. The second-order valence-electron chi connectivity index (χ2n) is 7.27. The number of aliphatic hydroxyl groups is 1. The molecule has 3 rings (SSSR count). The van der Waals surface area contributed by atoms with Crippen molar-refractivity contribution in [2.45, 2.75) is 18.6 Å². The zero-order valence-corrected chi connectivity index (χ0v) is 19.8. The maximum atomic E-state index is 12.4. The van der Waals surface area contributed by atoms with Crippen LogP contribution in [0.3, 0.4) is 0 Å². The molecule has 7 N–H and O–H groups in total. The van der Waals surface area contributed by atoms with E-state index in [1.165, 1.54) is 23.5 Å². The van der Waals surface area contributed by atoms with Crippen molar-refractivity contribution in [3.8, 4) is 5.75 Å². The van der Waals surface area contributed by atoms with Crippen molar-refractivity contribution in [3.05, 3.63) is 44.8 Å². The number of carbonyl (C=O) groups is 3. The fraction of sp³-hybridized carbons (Fsp3) is 0.300. The molecule has 1 aromatic carbocycles. The molecule has 1 aromatic heterocycles. The average molecular weight is 530 g/mol. The van der Waals surface area contributed by atoms with E-state index in [-0.39, 0.29) is 22.2 Å². The van der Waals surface area contributed by atoms with E-state index in [0.29, 0.717) is 23.1 Å². The Labute approximate surface area is 207 Å². The number of rotatable bonds is 8. The van der Waals surface area contributed by atoms with E-state index in [0.717, 1.165) is 0 Å². The lowest BCUT2D eigenvalue weighted by atomic mass is 10.0. The SMILES string of the molecule is O=C(O)CC(NC(=O)CNC(=O)c1csc(NC2=NCC(O)CN2)c1)c1cc(Cl)cc(Cl)c1O. The Morgan fingerprint density at radius 2 is 2.03 bits per heavy atom. The number of aliphatic hydroxyl groups excluding tert-OH is 1. The number of carboxylic acid groups (broad SMARTS) is 1. The fourth-order valence-corrected chi connectivity index (χ4v) is 4.31. The van der Waals surface area contributed by atoms with Gasteiger partial charge < -0.3 is 36.6 Å². The minimum absolute atomic E-state index is 0.0416. The highest BCUT2D eigenvalue weighted by molar-refractivity contribution is 7.14. The average Bonchev–Trinajstić information content (AvgIpc) is 3.24. The Morgan fingerprint density at radius 1 is 1.26 bits per heavy atom. The molecule has 2 amide bonds. The first-order valence-corrected chi connectivity index (χ1v) is 11.5. The van der Waals surface area contributed by atoms with Crippen molar-refractivity contribution < 1.29 is 29.7 Å². The van der Waals surface area contributed by atoms with Crippen molar-refractivity contribution in [2.75, 3.05) is 25.0 Å². The quantitative estimate of drug-likeness (QED) is 0.269. The lowest BCUT2D eigenvalue weighted by Crippen LogP contribution is -2.42. The summed E-state index contributed by atoms with van der Waals surface area (Å²) in [7, 11) is 0. The van der Waals surface area contributed by atoms with Crippen LogP contribution in [0.25, 0.3) is 0 Å². The summed E-state index contributed by atoms with van der Waals surface area (Å²) < 4.78 is 0. The van der Waals surface area contributed by atoms with Crippen molar-refractivity contribution in [2.24, 2.45) is 4.99 Å². The van der Waals surface area contributed by atoms with E-state index in [2.05, 4.69) is 26.3 Å². The molecule has 0 radical (unpaired) electrons. The summed E-state index contributed by atoms with van der Waals surface area (Å²) in [6.45, 7) is 0.196. The third kappa shape index (κ3) is 6.97. The number of aliphatic carboxylic acids is 1. The Kier molecular flexibility index (Phi) is 8.56. The van der Waals surface area contributed by atoms with Crippen LogP contribution >= 0.6 is 34.5 Å². The van der Waals surface area contributed by atoms with E-state index < -0.39 is 48.6 Å². The number of phenols is 1. The molecule has 0 fully saturated rings. The molecule has 14 heteroatoms. The standard InChI is InChI=1S/C20H21Cl2N5O6S/c21-10-2-12(18(32)13(22)3-10)14(4-17(30)31)26-15(29)7-23-19(33)9-1-16(34-8-9)27-20-24-5-11(28)6-25-20/h1-3,8,11,14,28,32H,4-7H2,(H,23,33)(H,26,29)(H,30,31)(H2,24,25,27). The molecular weight excluding hydrogens is 509 g/mol. The number of carbonyl (C=O) groups excluding carboxylic acids is 2. The van der Waals surface area contributed by atoms with E-state index in [1.807, 2.05) is 0 Å². The highest BCUT2D eigenvalue weighted by atomic mass is 35.5. The number of nitrogens with zero attached hydrogens (tertiary/aromatic N) is 1. The van der Waals surface area contributed by atoms with Crippen LogP contribution in [0.5, 0.6) is 5.75 Å². The molecule has 0 saturated heterocycles. The molecule has 0 bridgehead atoms. The molecule has 2 atom stereocenters. The molecule has 182 valence electrons. The number of anilines is 1. The van der Waals surface area contributed by atoms with Crippen molar-refractivity contribution >= 4 is 63.3 Å². The highest BCUT2D eigenvalue weighted by Crippen LogP contribution is 2.36. The lowest BCUT2D eigenvalue weighted by molar-refractivity contribution is -0.137. The van der Waals surface area contributed by atoms with Crippen molar-refractivity contribution in [1.29, 1.82) is 0 Å². The summed E-state index contributed by atoms with van der Waals surface area (Å²) in [6.07, 6.45) is -1.09. The molecule has 2 unspecified atom stereocenters. The van der Waals surface area contributed by atoms with Crippen LogP contribution in [0.4, 0.5) is 5.00 Å². The molecular formula is C20H21Cl2N5O6S. The van der Waals surface area contributed by atoms with Gasteiger partial charge in [-0.05, 0) is 18.2 Å². The van der Waals surface area contributed by atoms with Crippen LogP contribution in [-0.4, -0.2) is 64.8 Å². The number of benzene rings is 1. The first-order valence-electron chi connectivity index (χ1n) is 9.91. The topological polar surface area (TPSA) is 172 Å². The third-order valence-electron chi connectivity index (χ3n) is 4.63. The zero-order valence-electron chi connectivity index (χ0n) is 17.5. The van der Waals surface area contributed by atoms with Gasteiger partial charge in [0, 0.05) is 22.5 Å². The smallest absolute Gasteiger partial charge is 0.305 e. The Morgan fingerprint density at radius 3 is 2.71 bits per heavy atom. The Hall–Kier alpha value is -3.06. The number of guanidine groups is 1. The fourth-order valence-electron chi connectivity index (χ4n) is 3.03. The Balaban J connectivity index is 1.58. The van der Waals surface area contributed by atoms with Gasteiger partial charge in [0.05, 0.1) is 47.2 Å². The first-order chi connectivity index (χ1) is 16.1. The summed E-state index contributed by atoms with van der Waals surface area (Å²) in [5.41, 5.74) is 0.345. The van der Waals surface area contributed by atoms with Crippen molar-refractivity contribution in [3.63, 3.8) is 0 Å². The lowest BCUT2D eigenvalue weighted by Gasteiger charge is -2.19. The van der Waals surface area contributed by atoms with Gasteiger partial charge in [-0.2, -0.15) is 0 Å². The van der Waals surface area contributed by atoms with Gasteiger partial charge in [0.1, 0.15) is 5.75 Å². The monoisotopic (exact) mass is 529 g/mol. The second-order valence-corrected chi connectivity index (χ2v) is 9.03. The van der Waals surface area contributed by atoms with Gasteiger partial charge >= 0.3 is 5.97 Å². The van der Waals surface area contributed by atoms with Crippen LogP contribution in [0.15, 0.2) is 28.6 Å². The largest absolute Gasteiger partial charge is 0.506 e. The van der Waals surface area contributed by atoms with Gasteiger partial charge in [-0.1, -0.05) is 23.2 Å². The summed E-state index contributed by atoms with van der Waals surface area (Å²) in [5, 5.41) is 41.9. The number of thiophene rings is 1. The van der Waals surface area contributed by atoms with Crippen LogP contribution in [-0.2, 0) is 9.59 Å². The maximum absolute atomic E-state index is 12.4. The number of carboxylic acids is 1. The number of nitrogens with one attached hydrogen (secondary N) is 4. The minimum Gasteiger partial charge on any atom is -0.506 e. The summed E-state index contributed by atoms with van der Waals surface area (Å²) in [5.74, 6) is -2.34. The summed E-state index contributed by atoms with van der Waals surface area (Å²) in [6, 6.07) is 3.04. The molecule has 11 nitrogen and oxygen atoms in total. The van der Waals surface area contributed by atoms with Crippen LogP contribution in [0.1, 0.15) is 28.4 Å². The van der Waals surface area contributed by atoms with Crippen LogP contribution in [0.2, 0.25) is 10.0 Å². The molecule has 2 heterocycles. The number of β-amino-alcohol motifs (C(OH)–C–C–N with tert-alkyl or cyclic N) is 1. The van der Waals surface area contributed by atoms with Crippen LogP contribution < -0.4 is 21.3 Å². The molecule has 34 heavy (non-hydrogen) atoms. The Bertz CT molecular complexity index is 1120. The predicted molar refractivity (Wildman–Crippen MR) is 128 cm³/mol. The second kappa shape index (κ2) is 11.4. The molecule has 0 spiro atoms. The minimum atomic E-state index is -1.23. The number of halogens is 2. The number of aliphatic imine (C=N–C) groups is 1. The van der Waals surface area contributed by atoms with Gasteiger partial charge in [-0.25, -0.2) is 0 Å². The van der Waals surface area contributed by atoms with Gasteiger partial charge in [-0.15, -0.1) is 11.3 Å². The predicted octanol–water partition coefficient (Wildman–Crippen LogP) is 1.55. The van der Waals surface area contributed by atoms with Gasteiger partial charge in [0.25, 0.3) is 5.91 Å². The normalized spacial score (nSPS) is 16.1. The number of hydrogen-bond acceptors (Lipinski definition) is 9. The zero-order chi connectivity index (χ0) is 24.8. The molecule has 0 saturated carbocycles. The molecule has 1 aliphatic heterocycles. The van der Waals surface area contributed by atoms with Gasteiger partial charge in [0.15, 0.2) is 5.96 Å². The number of amides is 2. The number of hydrogen-bond donors (Lipinski definition) is 7.